The fourth-order valence-electron chi connectivity index (χ4n) is 1.12. The maximum atomic E-state index is 10.2. The first-order valence-electron chi connectivity index (χ1n) is 3.12. The van der Waals surface area contributed by atoms with E-state index in [0.29, 0.717) is 0 Å². The standard InChI is InChI=1S/C5H9O.H2O.O.Sb/c6-5-3-1-2-4-5;;;/h5H,1-4H2;1H2;;/q-1;;;+2/p-1. The van der Waals surface area contributed by atoms with Crippen molar-refractivity contribution in [1.29, 1.82) is 0 Å². The van der Waals surface area contributed by atoms with Crippen molar-refractivity contribution in [3.8, 4) is 0 Å². The molecule has 1 aliphatic carbocycles. The molecule has 1 saturated carbocycles. The fourth-order valence-corrected chi connectivity index (χ4v) is 2.45. The third kappa shape index (κ3) is 2.74. The van der Waals surface area contributed by atoms with Crippen LogP contribution < -0.4 is 0 Å². The van der Waals surface area contributed by atoms with E-state index in [1.54, 1.807) is 0 Å². The third-order valence-corrected chi connectivity index (χ3v) is 2.91. The van der Waals surface area contributed by atoms with Gasteiger partial charge >= 0.3 is 62.2 Å². The quantitative estimate of drug-likeness (QED) is 0.708. The molecule has 0 spiro atoms. The summed E-state index contributed by atoms with van der Waals surface area (Å²) in [5, 5.41) is 0. The summed E-state index contributed by atoms with van der Waals surface area (Å²) >= 11 is -3.34. The van der Waals surface area contributed by atoms with Crippen molar-refractivity contribution in [2.24, 2.45) is 0 Å². The van der Waals surface area contributed by atoms with Crippen LogP contribution in [0.25, 0.3) is 0 Å². The maximum absolute atomic E-state index is 10.2. The van der Waals surface area contributed by atoms with Crippen LogP contribution >= 0.6 is 0 Å². The van der Waals surface area contributed by atoms with E-state index in [0.717, 1.165) is 25.7 Å². The fraction of sp³-hybridized carbons (Fsp3) is 1.00. The van der Waals surface area contributed by atoms with E-state index in [-0.39, 0.29) is 6.10 Å². The predicted molar refractivity (Wildman–Crippen MR) is 32.0 cm³/mol. The van der Waals surface area contributed by atoms with Crippen molar-refractivity contribution in [3.63, 3.8) is 0 Å². The van der Waals surface area contributed by atoms with Crippen LogP contribution in [0.2, 0.25) is 0 Å². The van der Waals surface area contributed by atoms with Crippen LogP contribution in [0.5, 0.6) is 0 Å². The molecule has 9 heavy (non-hydrogen) atoms. The van der Waals surface area contributed by atoms with Crippen LogP contribution in [0.15, 0.2) is 0 Å². The van der Waals surface area contributed by atoms with Gasteiger partial charge in [-0.25, -0.2) is 0 Å². The van der Waals surface area contributed by atoms with Crippen LogP contribution in [0.4, 0.5) is 0 Å². The molecule has 1 radical (unpaired) electrons. The van der Waals surface area contributed by atoms with Gasteiger partial charge in [0.15, 0.2) is 0 Å². The first kappa shape index (κ1) is 7.64. The van der Waals surface area contributed by atoms with Gasteiger partial charge in [0.1, 0.15) is 0 Å². The molecule has 0 aromatic carbocycles. The second-order valence-electron chi connectivity index (χ2n) is 2.25. The molecule has 0 heterocycles. The van der Waals surface area contributed by atoms with Gasteiger partial charge in [-0.15, -0.1) is 0 Å². The van der Waals surface area contributed by atoms with Gasteiger partial charge in [0.05, 0.1) is 0 Å². The average Bonchev–Trinajstić information content (AvgIpc) is 2.15. The summed E-state index contributed by atoms with van der Waals surface area (Å²) in [6, 6.07) is 0. The minimum absolute atomic E-state index is 0.107. The molecule has 1 rings (SSSR count). The Kier molecular flexibility index (Phi) is 3.09. The van der Waals surface area contributed by atoms with Crippen molar-refractivity contribution in [1.82, 2.24) is 0 Å². The molecule has 0 aromatic heterocycles. The Labute approximate surface area is 62.5 Å². The second-order valence-corrected chi connectivity index (χ2v) is 4.21. The summed E-state index contributed by atoms with van der Waals surface area (Å²) in [7, 11) is 0. The van der Waals surface area contributed by atoms with Crippen LogP contribution in [0.3, 0.4) is 0 Å². The summed E-state index contributed by atoms with van der Waals surface area (Å²) in [6.45, 7) is 0. The van der Waals surface area contributed by atoms with E-state index in [4.69, 9.17) is 6.40 Å². The van der Waals surface area contributed by atoms with Gasteiger partial charge in [0.2, 0.25) is 0 Å². The average molecular weight is 240 g/mol. The normalized spacial score (nSPS) is 20.6. The summed E-state index contributed by atoms with van der Waals surface area (Å²) in [4.78, 5) is 0. The van der Waals surface area contributed by atoms with E-state index < -0.39 is 21.0 Å². The SMILES string of the molecule is [O]=[Sb]([OH])[O]C1CCCC1. The second kappa shape index (κ2) is 3.64. The Morgan fingerprint density at radius 3 is 2.44 bits per heavy atom. The van der Waals surface area contributed by atoms with Crippen molar-refractivity contribution in [2.45, 2.75) is 31.8 Å². The molecule has 0 atom stereocenters. The molecule has 1 N–H and O–H groups in total. The molecule has 53 valence electrons. The summed E-state index contributed by atoms with van der Waals surface area (Å²) < 4.78 is 23.4. The Bertz CT molecular complexity index is 109. The first-order valence-corrected chi connectivity index (χ1v) is 6.34. The molecule has 1 aliphatic rings. The minimum atomic E-state index is -3.34. The Morgan fingerprint density at radius 1 is 1.44 bits per heavy atom. The van der Waals surface area contributed by atoms with E-state index in [1.165, 1.54) is 0 Å². The van der Waals surface area contributed by atoms with E-state index in [9.17, 15) is 3.02 Å². The Balaban J connectivity index is 2.19. The zero-order valence-electron chi connectivity index (χ0n) is 5.12. The van der Waals surface area contributed by atoms with Crippen LogP contribution in [-0.2, 0) is 6.03 Å². The zero-order valence-corrected chi connectivity index (χ0v) is 7.67. The molecule has 3 nitrogen and oxygen atoms in total. The Hall–Kier alpha value is 0.538. The monoisotopic (exact) mass is 239 g/mol. The van der Waals surface area contributed by atoms with Crippen molar-refractivity contribution >= 4 is 21.0 Å². The molecule has 0 bridgehead atoms. The predicted octanol–water partition coefficient (Wildman–Crippen LogP) is 0.353. The number of hydrogen-bond acceptors (Lipinski definition) is 2. The molecule has 0 amide bonds. The number of rotatable bonds is 2. The first-order chi connectivity index (χ1) is 4.29. The molecular weight excluding hydrogens is 230 g/mol. The molecule has 1 fully saturated rings. The van der Waals surface area contributed by atoms with Gasteiger partial charge in [0.25, 0.3) is 0 Å². The van der Waals surface area contributed by atoms with Crippen molar-refractivity contribution < 1.29 is 9.42 Å². The van der Waals surface area contributed by atoms with E-state index in [1.807, 2.05) is 0 Å². The van der Waals surface area contributed by atoms with Crippen LogP contribution in [0, 0.1) is 0 Å². The molecule has 0 unspecified atom stereocenters. The van der Waals surface area contributed by atoms with Crippen molar-refractivity contribution in [3.05, 3.63) is 0 Å². The van der Waals surface area contributed by atoms with Gasteiger partial charge in [0, 0.05) is 0 Å². The van der Waals surface area contributed by atoms with Gasteiger partial charge in [-0.05, 0) is 0 Å². The Morgan fingerprint density at radius 2 is 2.00 bits per heavy atom. The molecule has 0 aromatic rings. The van der Waals surface area contributed by atoms with Gasteiger partial charge in [-0.2, -0.15) is 0 Å². The topological polar surface area (TPSA) is 46.5 Å². The van der Waals surface area contributed by atoms with Crippen LogP contribution in [0.1, 0.15) is 25.7 Å². The van der Waals surface area contributed by atoms with Gasteiger partial charge < -0.3 is 0 Å². The number of hydrogen-bond donors (Lipinski definition) is 1. The molecule has 0 aliphatic heterocycles. The van der Waals surface area contributed by atoms with Crippen molar-refractivity contribution in [2.75, 3.05) is 0 Å². The van der Waals surface area contributed by atoms with Crippen LogP contribution in [-0.4, -0.2) is 30.5 Å². The molecule has 0 saturated heterocycles. The molecule has 4 heteroatoms. The van der Waals surface area contributed by atoms with E-state index in [2.05, 4.69) is 0 Å². The zero-order chi connectivity index (χ0) is 6.69. The van der Waals surface area contributed by atoms with E-state index >= 15 is 0 Å². The summed E-state index contributed by atoms with van der Waals surface area (Å²) in [6.07, 6.45) is 4.36. The summed E-state index contributed by atoms with van der Waals surface area (Å²) in [5.41, 5.74) is 0. The van der Waals surface area contributed by atoms with Gasteiger partial charge in [-0.3, -0.25) is 0 Å². The van der Waals surface area contributed by atoms with Gasteiger partial charge in [-0.1, -0.05) is 0 Å². The third-order valence-electron chi connectivity index (χ3n) is 1.54. The molecular formula is C5H10O3Sb. The summed E-state index contributed by atoms with van der Waals surface area (Å²) in [5.74, 6) is 0.